The minimum Gasteiger partial charge on any atom is -0.387 e. The van der Waals surface area contributed by atoms with Gasteiger partial charge in [0.15, 0.2) is 0 Å². The predicted octanol–water partition coefficient (Wildman–Crippen LogP) is 1.24. The average Bonchev–Trinajstić information content (AvgIpc) is 2.04. The van der Waals surface area contributed by atoms with Crippen LogP contribution in [0.15, 0.2) is 4.99 Å². The molecular formula is C10H21N3. The third-order valence-electron chi connectivity index (χ3n) is 2.45. The van der Waals surface area contributed by atoms with Crippen LogP contribution in [0.25, 0.3) is 0 Å². The zero-order valence-corrected chi connectivity index (χ0v) is 8.79. The summed E-state index contributed by atoms with van der Waals surface area (Å²) in [5.74, 6) is 0.836. The fourth-order valence-electron chi connectivity index (χ4n) is 1.80. The van der Waals surface area contributed by atoms with Crippen molar-refractivity contribution in [1.29, 1.82) is 0 Å². The quantitative estimate of drug-likeness (QED) is 0.528. The summed E-state index contributed by atoms with van der Waals surface area (Å²) in [5.41, 5.74) is 5.79. The number of rotatable bonds is 3. The van der Waals surface area contributed by atoms with Crippen molar-refractivity contribution in [3.05, 3.63) is 0 Å². The van der Waals surface area contributed by atoms with Crippen LogP contribution >= 0.6 is 0 Å². The Kier molecular flexibility index (Phi) is 4.22. The van der Waals surface area contributed by atoms with Crippen molar-refractivity contribution >= 4 is 5.84 Å². The van der Waals surface area contributed by atoms with Crippen LogP contribution < -0.4 is 5.73 Å². The van der Waals surface area contributed by atoms with E-state index in [4.69, 9.17) is 5.73 Å². The highest BCUT2D eigenvalue weighted by atomic mass is 15.1. The average molecular weight is 183 g/mol. The van der Waals surface area contributed by atoms with Crippen LogP contribution in [0, 0.1) is 0 Å². The van der Waals surface area contributed by atoms with Crippen molar-refractivity contribution in [2.45, 2.75) is 38.6 Å². The first-order valence-corrected chi connectivity index (χ1v) is 5.23. The molecule has 3 nitrogen and oxygen atoms in total. The predicted molar refractivity (Wildman–Crippen MR) is 57.0 cm³/mol. The minimum atomic E-state index is 0.449. The number of nitrogens with zero attached hydrogens (tertiary/aromatic N) is 2. The molecule has 0 aromatic rings. The summed E-state index contributed by atoms with van der Waals surface area (Å²) in [5, 5.41) is 0. The largest absolute Gasteiger partial charge is 0.387 e. The van der Waals surface area contributed by atoms with Gasteiger partial charge in [-0.1, -0.05) is 6.92 Å². The Hall–Kier alpha value is -0.570. The summed E-state index contributed by atoms with van der Waals surface area (Å²) < 4.78 is 0. The molecule has 1 aliphatic rings. The molecule has 1 atom stereocenters. The van der Waals surface area contributed by atoms with Gasteiger partial charge in [0.2, 0.25) is 0 Å². The van der Waals surface area contributed by atoms with Crippen LogP contribution in [0.3, 0.4) is 0 Å². The highest BCUT2D eigenvalue weighted by Gasteiger charge is 2.15. The Morgan fingerprint density at radius 3 is 3.00 bits per heavy atom. The van der Waals surface area contributed by atoms with E-state index < -0.39 is 0 Å². The normalized spacial score (nSPS) is 26.3. The molecule has 0 aliphatic carbocycles. The Morgan fingerprint density at radius 2 is 2.38 bits per heavy atom. The zero-order chi connectivity index (χ0) is 9.68. The van der Waals surface area contributed by atoms with Crippen LogP contribution in [0.2, 0.25) is 0 Å². The highest BCUT2D eigenvalue weighted by molar-refractivity contribution is 5.80. The van der Waals surface area contributed by atoms with Gasteiger partial charge in [0.1, 0.15) is 0 Å². The molecule has 1 rings (SSSR count). The molecule has 13 heavy (non-hydrogen) atoms. The number of nitrogens with two attached hydrogens (primary N) is 1. The molecule has 76 valence electrons. The van der Waals surface area contributed by atoms with E-state index in [2.05, 4.69) is 23.9 Å². The van der Waals surface area contributed by atoms with Gasteiger partial charge in [-0.25, -0.2) is 0 Å². The summed E-state index contributed by atoms with van der Waals surface area (Å²) in [6, 6.07) is 0.449. The fourth-order valence-corrected chi connectivity index (χ4v) is 1.80. The second kappa shape index (κ2) is 5.22. The Bertz CT molecular complexity index is 177. The molecule has 3 heteroatoms. The molecule has 1 aliphatic heterocycles. The maximum absolute atomic E-state index is 5.79. The first-order valence-electron chi connectivity index (χ1n) is 5.23. The van der Waals surface area contributed by atoms with Gasteiger partial charge >= 0.3 is 0 Å². The van der Waals surface area contributed by atoms with Crippen LogP contribution in [0.4, 0.5) is 0 Å². The van der Waals surface area contributed by atoms with Crippen molar-refractivity contribution in [2.24, 2.45) is 10.7 Å². The lowest BCUT2D eigenvalue weighted by Crippen LogP contribution is -2.35. The third-order valence-corrected chi connectivity index (χ3v) is 2.45. The third kappa shape index (κ3) is 3.77. The molecule has 1 heterocycles. The molecular weight excluding hydrogens is 162 g/mol. The summed E-state index contributed by atoms with van der Waals surface area (Å²) >= 11 is 0. The van der Waals surface area contributed by atoms with Gasteiger partial charge in [0.25, 0.3) is 0 Å². The topological polar surface area (TPSA) is 41.6 Å². The maximum Gasteiger partial charge on any atom is 0.0940 e. The van der Waals surface area contributed by atoms with Gasteiger partial charge in [0.05, 0.1) is 11.9 Å². The molecule has 0 aromatic heterocycles. The van der Waals surface area contributed by atoms with E-state index in [1.54, 1.807) is 0 Å². The van der Waals surface area contributed by atoms with Crippen molar-refractivity contribution in [3.63, 3.8) is 0 Å². The molecule has 1 unspecified atom stereocenters. The van der Waals surface area contributed by atoms with Crippen molar-refractivity contribution in [1.82, 2.24) is 4.90 Å². The van der Waals surface area contributed by atoms with Crippen LogP contribution in [-0.4, -0.2) is 36.9 Å². The van der Waals surface area contributed by atoms with Gasteiger partial charge in [0, 0.05) is 13.0 Å². The summed E-state index contributed by atoms with van der Waals surface area (Å²) in [6.45, 7) is 4.42. The van der Waals surface area contributed by atoms with Crippen molar-refractivity contribution < 1.29 is 0 Å². The van der Waals surface area contributed by atoms with E-state index in [9.17, 15) is 0 Å². The van der Waals surface area contributed by atoms with Crippen molar-refractivity contribution in [3.8, 4) is 0 Å². The molecule has 0 spiro atoms. The van der Waals surface area contributed by atoms with E-state index in [0.717, 1.165) is 25.2 Å². The summed E-state index contributed by atoms with van der Waals surface area (Å²) in [6.07, 6.45) is 4.50. The number of hydrogen-bond acceptors (Lipinski definition) is 2. The molecule has 2 N–H and O–H groups in total. The lowest BCUT2D eigenvalue weighted by Gasteiger charge is -2.27. The second-order valence-corrected chi connectivity index (χ2v) is 3.93. The van der Waals surface area contributed by atoms with Gasteiger partial charge in [-0.05, 0) is 32.9 Å². The first-order chi connectivity index (χ1) is 6.22. The van der Waals surface area contributed by atoms with Crippen LogP contribution in [0.5, 0.6) is 0 Å². The molecule has 0 amide bonds. The minimum absolute atomic E-state index is 0.449. The molecule has 0 radical (unpaired) electrons. The van der Waals surface area contributed by atoms with Gasteiger partial charge in [-0.3, -0.25) is 4.99 Å². The van der Waals surface area contributed by atoms with Crippen molar-refractivity contribution in [2.75, 3.05) is 20.1 Å². The zero-order valence-electron chi connectivity index (χ0n) is 8.79. The van der Waals surface area contributed by atoms with E-state index in [1.165, 1.54) is 19.4 Å². The monoisotopic (exact) mass is 183 g/mol. The smallest absolute Gasteiger partial charge is 0.0940 e. The summed E-state index contributed by atoms with van der Waals surface area (Å²) in [7, 11) is 2.15. The molecule has 0 bridgehead atoms. The van der Waals surface area contributed by atoms with E-state index in [0.29, 0.717) is 6.04 Å². The standard InChI is InChI=1S/C10H21N3/c1-3-5-10(11)12-9-6-4-7-13(2)8-9/h9H,3-8H2,1-2H3,(H2,11,12). The second-order valence-electron chi connectivity index (χ2n) is 3.93. The lowest BCUT2D eigenvalue weighted by atomic mass is 10.1. The lowest BCUT2D eigenvalue weighted by molar-refractivity contribution is 0.252. The molecule has 1 fully saturated rings. The fraction of sp³-hybridized carbons (Fsp3) is 0.900. The summed E-state index contributed by atoms with van der Waals surface area (Å²) in [4.78, 5) is 6.86. The number of likely N-dealkylation sites (tertiary alicyclic amines) is 1. The van der Waals surface area contributed by atoms with Gasteiger partial charge < -0.3 is 10.6 Å². The first kappa shape index (κ1) is 10.5. The van der Waals surface area contributed by atoms with E-state index in [-0.39, 0.29) is 0 Å². The highest BCUT2D eigenvalue weighted by Crippen LogP contribution is 2.11. The SMILES string of the molecule is CCCC(N)=NC1CCCN(C)C1. The number of likely N-dealkylation sites (N-methyl/N-ethyl adjacent to an activating group) is 1. The molecule has 0 saturated carbocycles. The Balaban J connectivity index is 2.38. The van der Waals surface area contributed by atoms with Gasteiger partial charge in [-0.2, -0.15) is 0 Å². The number of aliphatic imine (C=N–C) groups is 1. The van der Waals surface area contributed by atoms with Crippen LogP contribution in [0.1, 0.15) is 32.6 Å². The Labute approximate surface area is 81.0 Å². The van der Waals surface area contributed by atoms with E-state index >= 15 is 0 Å². The molecule has 1 saturated heterocycles. The number of piperidine rings is 1. The maximum atomic E-state index is 5.79. The molecule has 0 aromatic carbocycles. The van der Waals surface area contributed by atoms with E-state index in [1.807, 2.05) is 0 Å². The number of amidine groups is 1. The van der Waals surface area contributed by atoms with Crippen LogP contribution in [-0.2, 0) is 0 Å². The van der Waals surface area contributed by atoms with Gasteiger partial charge in [-0.15, -0.1) is 0 Å². The number of hydrogen-bond donors (Lipinski definition) is 1. The Morgan fingerprint density at radius 1 is 1.62 bits per heavy atom.